The maximum absolute atomic E-state index is 12.3. The quantitative estimate of drug-likeness (QED) is 0.603. The van der Waals surface area contributed by atoms with Gasteiger partial charge in [-0.2, -0.15) is 0 Å². The first-order valence-corrected chi connectivity index (χ1v) is 7.24. The molecule has 0 aromatic heterocycles. The van der Waals surface area contributed by atoms with Gasteiger partial charge < -0.3 is 5.32 Å². The number of hydrogen-bond acceptors (Lipinski definition) is 5. The van der Waals surface area contributed by atoms with Crippen molar-refractivity contribution in [1.29, 1.82) is 0 Å². The van der Waals surface area contributed by atoms with Crippen LogP contribution in [0.5, 0.6) is 0 Å². The number of nitrogens with zero attached hydrogens (tertiary/aromatic N) is 2. The number of hydrogen-bond donors (Lipinski definition) is 2. The fraction of sp³-hybridized carbons (Fsp3) is 0.429. The molecule has 0 fully saturated rings. The van der Waals surface area contributed by atoms with Crippen molar-refractivity contribution in [2.24, 2.45) is 5.92 Å². The van der Waals surface area contributed by atoms with E-state index in [1.54, 1.807) is 27.9 Å². The van der Waals surface area contributed by atoms with E-state index >= 15 is 0 Å². The minimum Gasteiger partial charge on any atom is -0.340 e. The lowest BCUT2D eigenvalue weighted by Gasteiger charge is -2.23. The van der Waals surface area contributed by atoms with E-state index in [1.807, 2.05) is 0 Å². The normalized spacial score (nSPS) is 12.1. The van der Waals surface area contributed by atoms with Gasteiger partial charge in [0.1, 0.15) is 11.1 Å². The molecule has 1 atom stereocenters. The summed E-state index contributed by atoms with van der Waals surface area (Å²) in [5.41, 5.74) is 2.27. The Morgan fingerprint density at radius 3 is 2.39 bits per heavy atom. The summed E-state index contributed by atoms with van der Waals surface area (Å²) in [6.07, 6.45) is 0. The Bertz CT molecular complexity index is 619. The number of carbonyl (C=O) groups is 2. The van der Waals surface area contributed by atoms with Crippen molar-refractivity contribution in [3.63, 3.8) is 0 Å². The summed E-state index contributed by atoms with van der Waals surface area (Å²) in [6.45, 7) is 3.56. The monoisotopic (exact) mass is 342 g/mol. The van der Waals surface area contributed by atoms with Crippen molar-refractivity contribution < 1.29 is 14.5 Å². The van der Waals surface area contributed by atoms with Crippen LogP contribution in [-0.4, -0.2) is 41.9 Å². The third-order valence-electron chi connectivity index (χ3n) is 2.97. The van der Waals surface area contributed by atoms with Gasteiger partial charge in [0.15, 0.2) is 0 Å². The molecule has 23 heavy (non-hydrogen) atoms. The number of rotatable bonds is 6. The number of benzene rings is 1. The molecule has 2 N–H and O–H groups in total. The molecule has 0 aliphatic rings. The first-order chi connectivity index (χ1) is 10.6. The van der Waals surface area contributed by atoms with Crippen molar-refractivity contribution in [3.05, 3.63) is 38.9 Å². The van der Waals surface area contributed by atoms with Crippen LogP contribution >= 0.6 is 11.6 Å². The average Bonchev–Trinajstić information content (AvgIpc) is 2.43. The van der Waals surface area contributed by atoms with Crippen LogP contribution in [0.25, 0.3) is 0 Å². The number of nitrogens with one attached hydrogen (secondary N) is 2. The molecule has 0 radical (unpaired) electrons. The van der Waals surface area contributed by atoms with Crippen LogP contribution in [0.15, 0.2) is 18.2 Å². The lowest BCUT2D eigenvalue weighted by atomic mass is 10.0. The Morgan fingerprint density at radius 2 is 1.91 bits per heavy atom. The van der Waals surface area contributed by atoms with Gasteiger partial charge >= 0.3 is 0 Å². The molecule has 1 aromatic carbocycles. The zero-order valence-electron chi connectivity index (χ0n) is 13.3. The number of halogens is 1. The molecule has 2 amide bonds. The molecular weight excluding hydrogens is 324 g/mol. The van der Waals surface area contributed by atoms with Crippen LogP contribution in [-0.2, 0) is 4.79 Å². The smallest absolute Gasteiger partial charge is 0.288 e. The van der Waals surface area contributed by atoms with Crippen molar-refractivity contribution in [3.8, 4) is 0 Å². The Balaban J connectivity index is 2.98. The highest BCUT2D eigenvalue weighted by Gasteiger charge is 2.26. The van der Waals surface area contributed by atoms with Gasteiger partial charge in [-0.1, -0.05) is 25.4 Å². The van der Waals surface area contributed by atoms with Gasteiger partial charge in [-0.15, -0.1) is 0 Å². The molecule has 0 heterocycles. The highest BCUT2D eigenvalue weighted by Crippen LogP contribution is 2.25. The predicted octanol–water partition coefficient (Wildman–Crippen LogP) is 1.60. The molecule has 0 unspecified atom stereocenters. The highest BCUT2D eigenvalue weighted by atomic mass is 35.5. The summed E-state index contributed by atoms with van der Waals surface area (Å²) in [5, 5.41) is 14.9. The molecule has 0 bridgehead atoms. The van der Waals surface area contributed by atoms with Crippen LogP contribution < -0.4 is 10.7 Å². The second-order valence-corrected chi connectivity index (χ2v) is 5.90. The van der Waals surface area contributed by atoms with E-state index in [-0.39, 0.29) is 28.1 Å². The number of amides is 2. The largest absolute Gasteiger partial charge is 0.340 e. The zero-order chi connectivity index (χ0) is 17.7. The summed E-state index contributed by atoms with van der Waals surface area (Å²) < 4.78 is 0. The molecule has 0 saturated carbocycles. The number of hydrazine groups is 1. The van der Waals surface area contributed by atoms with Gasteiger partial charge in [0.05, 0.1) is 4.92 Å². The minimum atomic E-state index is -0.778. The van der Waals surface area contributed by atoms with Crippen LogP contribution in [0.3, 0.4) is 0 Å². The molecule has 1 aromatic rings. The second-order valence-electron chi connectivity index (χ2n) is 5.49. The molecule has 8 nitrogen and oxygen atoms in total. The summed E-state index contributed by atoms with van der Waals surface area (Å²) in [5.74, 6) is -1.12. The summed E-state index contributed by atoms with van der Waals surface area (Å²) in [7, 11) is 3.30. The van der Waals surface area contributed by atoms with E-state index < -0.39 is 16.9 Å². The van der Waals surface area contributed by atoms with E-state index in [9.17, 15) is 19.7 Å². The van der Waals surface area contributed by atoms with Gasteiger partial charge in [0.25, 0.3) is 17.5 Å². The first kappa shape index (κ1) is 18.9. The Kier molecular flexibility index (Phi) is 6.47. The SMILES string of the molecule is CC(C)[C@H](NC(=O)c1ccc(Cl)c([N+](=O)[O-])c1)C(=O)NN(C)C. The number of nitro benzene ring substituents is 1. The fourth-order valence-electron chi connectivity index (χ4n) is 1.84. The molecule has 1 rings (SSSR count). The molecule has 126 valence electrons. The maximum Gasteiger partial charge on any atom is 0.288 e. The van der Waals surface area contributed by atoms with E-state index in [0.717, 1.165) is 6.07 Å². The van der Waals surface area contributed by atoms with Gasteiger partial charge in [0.2, 0.25) is 0 Å². The molecule has 0 aliphatic carbocycles. The molecular formula is C14H19ClN4O4. The van der Waals surface area contributed by atoms with Crippen LogP contribution in [0.2, 0.25) is 5.02 Å². The fourth-order valence-corrected chi connectivity index (χ4v) is 2.03. The lowest BCUT2D eigenvalue weighted by Crippen LogP contribution is -2.52. The van der Waals surface area contributed by atoms with Gasteiger partial charge in [-0.05, 0) is 18.1 Å². The Labute approximate surface area is 138 Å². The number of nitro groups is 1. The lowest BCUT2D eigenvalue weighted by molar-refractivity contribution is -0.384. The number of carbonyl (C=O) groups excluding carboxylic acids is 2. The van der Waals surface area contributed by atoms with E-state index in [2.05, 4.69) is 10.7 Å². The standard InChI is InChI=1S/C14H19ClN4O4/c1-8(2)12(14(21)17-18(3)4)16-13(20)9-5-6-10(15)11(7-9)19(22)23/h5-8,12H,1-4H3,(H,16,20)(H,17,21)/t12-/m0/s1. The van der Waals surface area contributed by atoms with E-state index in [0.29, 0.717) is 0 Å². The van der Waals surface area contributed by atoms with Crippen LogP contribution in [0.4, 0.5) is 5.69 Å². The minimum absolute atomic E-state index is 0.0580. The average molecular weight is 343 g/mol. The summed E-state index contributed by atoms with van der Waals surface area (Å²) in [4.78, 5) is 34.6. The second kappa shape index (κ2) is 7.89. The predicted molar refractivity (Wildman–Crippen MR) is 86.0 cm³/mol. The third-order valence-corrected chi connectivity index (χ3v) is 3.29. The Hall–Kier alpha value is -2.19. The molecule has 0 saturated heterocycles. The first-order valence-electron chi connectivity index (χ1n) is 6.86. The Morgan fingerprint density at radius 1 is 1.30 bits per heavy atom. The topological polar surface area (TPSA) is 105 Å². The highest BCUT2D eigenvalue weighted by molar-refractivity contribution is 6.32. The van der Waals surface area contributed by atoms with Crippen molar-refractivity contribution in [2.45, 2.75) is 19.9 Å². The summed E-state index contributed by atoms with van der Waals surface area (Å²) >= 11 is 5.72. The van der Waals surface area contributed by atoms with Gasteiger partial charge in [0, 0.05) is 25.7 Å². The zero-order valence-corrected chi connectivity index (χ0v) is 14.0. The van der Waals surface area contributed by atoms with Crippen LogP contribution in [0, 0.1) is 16.0 Å². The third kappa shape index (κ3) is 5.19. The van der Waals surface area contributed by atoms with Crippen molar-refractivity contribution in [1.82, 2.24) is 15.8 Å². The van der Waals surface area contributed by atoms with Crippen molar-refractivity contribution >= 4 is 29.1 Å². The molecule has 0 spiro atoms. The van der Waals surface area contributed by atoms with Gasteiger partial charge in [-0.3, -0.25) is 25.1 Å². The molecule has 9 heteroatoms. The van der Waals surface area contributed by atoms with E-state index in [1.165, 1.54) is 17.1 Å². The maximum atomic E-state index is 12.3. The summed E-state index contributed by atoms with van der Waals surface area (Å²) in [6, 6.07) is 2.95. The van der Waals surface area contributed by atoms with Crippen molar-refractivity contribution in [2.75, 3.05) is 14.1 Å². The van der Waals surface area contributed by atoms with Crippen LogP contribution in [0.1, 0.15) is 24.2 Å². The van der Waals surface area contributed by atoms with Gasteiger partial charge in [-0.25, -0.2) is 5.01 Å². The molecule has 0 aliphatic heterocycles. The van der Waals surface area contributed by atoms with E-state index in [4.69, 9.17) is 11.6 Å².